The van der Waals surface area contributed by atoms with Gasteiger partial charge in [0.2, 0.25) is 0 Å². The zero-order valence-electron chi connectivity index (χ0n) is 11.2. The van der Waals surface area contributed by atoms with Gasteiger partial charge in [0.05, 0.1) is 5.69 Å². The maximum atomic E-state index is 13.9. The molecule has 106 valence electrons. The molecular formula is C14H17FN4O. The van der Waals surface area contributed by atoms with E-state index >= 15 is 0 Å². The van der Waals surface area contributed by atoms with Gasteiger partial charge in [-0.15, -0.1) is 0 Å². The molecule has 0 bridgehead atoms. The van der Waals surface area contributed by atoms with Crippen LogP contribution in [0.25, 0.3) is 5.69 Å². The number of ether oxygens (including phenoxy) is 1. The Morgan fingerprint density at radius 2 is 2.10 bits per heavy atom. The predicted molar refractivity (Wildman–Crippen MR) is 72.5 cm³/mol. The molecule has 2 aromatic rings. The zero-order chi connectivity index (χ0) is 13.8. The van der Waals surface area contributed by atoms with Crippen molar-refractivity contribution in [1.29, 1.82) is 0 Å². The lowest BCUT2D eigenvalue weighted by atomic mass is 10.3. The van der Waals surface area contributed by atoms with Crippen molar-refractivity contribution >= 4 is 0 Å². The van der Waals surface area contributed by atoms with Crippen LogP contribution in [0.3, 0.4) is 0 Å². The summed E-state index contributed by atoms with van der Waals surface area (Å²) in [5, 5.41) is 3.96. The molecule has 5 nitrogen and oxygen atoms in total. The largest absolute Gasteiger partial charge is 0.489 e. The molecule has 0 saturated carbocycles. The normalized spacial score (nSPS) is 15.7. The van der Waals surface area contributed by atoms with Gasteiger partial charge in [-0.3, -0.25) is 4.90 Å². The second-order valence-electron chi connectivity index (χ2n) is 4.85. The number of aromatic nitrogens is 3. The van der Waals surface area contributed by atoms with E-state index in [1.165, 1.54) is 36.2 Å². The van der Waals surface area contributed by atoms with E-state index in [9.17, 15) is 4.39 Å². The summed E-state index contributed by atoms with van der Waals surface area (Å²) in [6.07, 6.45) is 5.45. The highest BCUT2D eigenvalue weighted by atomic mass is 19.1. The van der Waals surface area contributed by atoms with Gasteiger partial charge in [-0.1, -0.05) is 0 Å². The first-order valence-electron chi connectivity index (χ1n) is 6.82. The highest BCUT2D eigenvalue weighted by Crippen LogP contribution is 2.20. The number of benzene rings is 1. The predicted octanol–water partition coefficient (Wildman–Crippen LogP) is 1.88. The topological polar surface area (TPSA) is 43.2 Å². The molecule has 1 saturated heterocycles. The number of nitrogens with zero attached hydrogens (tertiary/aromatic N) is 4. The van der Waals surface area contributed by atoms with Gasteiger partial charge in [0.1, 0.15) is 19.3 Å². The van der Waals surface area contributed by atoms with E-state index in [1.54, 1.807) is 12.1 Å². The average Bonchev–Trinajstić information content (AvgIpc) is 3.12. The zero-order valence-corrected chi connectivity index (χ0v) is 11.2. The monoisotopic (exact) mass is 276 g/mol. The van der Waals surface area contributed by atoms with Gasteiger partial charge in [0.25, 0.3) is 0 Å². The Balaban J connectivity index is 1.59. The van der Waals surface area contributed by atoms with Crippen molar-refractivity contribution in [3.8, 4) is 11.4 Å². The SMILES string of the molecule is Fc1cc(-n2cncn2)ccc1OCCN1CCCC1. The van der Waals surface area contributed by atoms with Crippen LogP contribution in [0.5, 0.6) is 5.75 Å². The molecule has 1 aliphatic heterocycles. The average molecular weight is 276 g/mol. The summed E-state index contributed by atoms with van der Waals surface area (Å²) in [4.78, 5) is 6.17. The second-order valence-corrected chi connectivity index (χ2v) is 4.85. The third kappa shape index (κ3) is 2.96. The quantitative estimate of drug-likeness (QED) is 0.836. The molecule has 1 aromatic carbocycles. The van der Waals surface area contributed by atoms with E-state index in [0.29, 0.717) is 12.3 Å². The fourth-order valence-corrected chi connectivity index (χ4v) is 2.38. The number of hydrogen-bond donors (Lipinski definition) is 0. The second kappa shape index (κ2) is 6.00. The van der Waals surface area contributed by atoms with Crippen molar-refractivity contribution in [1.82, 2.24) is 19.7 Å². The summed E-state index contributed by atoms with van der Waals surface area (Å²) < 4.78 is 21.0. The van der Waals surface area contributed by atoms with Crippen LogP contribution in [0.2, 0.25) is 0 Å². The van der Waals surface area contributed by atoms with Gasteiger partial charge in [0, 0.05) is 12.6 Å². The number of likely N-dealkylation sites (tertiary alicyclic amines) is 1. The number of hydrogen-bond acceptors (Lipinski definition) is 4. The fourth-order valence-electron chi connectivity index (χ4n) is 2.38. The Kier molecular flexibility index (Phi) is 3.92. The first-order valence-corrected chi connectivity index (χ1v) is 6.82. The van der Waals surface area contributed by atoms with E-state index in [-0.39, 0.29) is 11.6 Å². The van der Waals surface area contributed by atoms with Gasteiger partial charge in [-0.25, -0.2) is 14.1 Å². The molecular weight excluding hydrogens is 259 g/mol. The summed E-state index contributed by atoms with van der Waals surface area (Å²) in [6.45, 7) is 3.61. The Morgan fingerprint density at radius 1 is 1.25 bits per heavy atom. The molecule has 0 atom stereocenters. The summed E-state index contributed by atoms with van der Waals surface area (Å²) in [7, 11) is 0. The Labute approximate surface area is 117 Å². The first kappa shape index (κ1) is 13.1. The molecule has 1 fully saturated rings. The fraction of sp³-hybridized carbons (Fsp3) is 0.429. The molecule has 0 N–H and O–H groups in total. The highest BCUT2D eigenvalue weighted by Gasteiger charge is 2.12. The smallest absolute Gasteiger partial charge is 0.167 e. The minimum atomic E-state index is -0.376. The number of halogens is 1. The third-order valence-corrected chi connectivity index (χ3v) is 3.46. The maximum absolute atomic E-state index is 13.9. The minimum Gasteiger partial charge on any atom is -0.489 e. The summed E-state index contributed by atoms with van der Waals surface area (Å²) >= 11 is 0. The molecule has 1 aromatic heterocycles. The van der Waals surface area contributed by atoms with Crippen LogP contribution in [0.4, 0.5) is 4.39 Å². The Morgan fingerprint density at radius 3 is 2.80 bits per heavy atom. The van der Waals surface area contributed by atoms with Crippen molar-refractivity contribution in [3.05, 3.63) is 36.7 Å². The lowest BCUT2D eigenvalue weighted by Gasteiger charge is -2.15. The van der Waals surface area contributed by atoms with Crippen LogP contribution in [0.1, 0.15) is 12.8 Å². The van der Waals surface area contributed by atoms with E-state index in [1.807, 2.05) is 0 Å². The molecule has 0 aliphatic carbocycles. The Bertz CT molecular complexity index is 552. The summed E-state index contributed by atoms with van der Waals surface area (Å²) in [5.41, 5.74) is 0.631. The molecule has 3 rings (SSSR count). The standard InChI is InChI=1S/C14H17FN4O/c15-13-9-12(19-11-16-10-17-19)3-4-14(13)20-8-7-18-5-1-2-6-18/h3-4,9-11H,1-2,5-8H2. The van der Waals surface area contributed by atoms with Gasteiger partial charge in [-0.05, 0) is 38.1 Å². The van der Waals surface area contributed by atoms with E-state index in [2.05, 4.69) is 15.0 Å². The number of rotatable bonds is 5. The van der Waals surface area contributed by atoms with E-state index in [0.717, 1.165) is 19.6 Å². The molecule has 0 radical (unpaired) electrons. The van der Waals surface area contributed by atoms with Crippen LogP contribution in [-0.4, -0.2) is 45.9 Å². The van der Waals surface area contributed by atoms with Crippen molar-refractivity contribution in [2.45, 2.75) is 12.8 Å². The van der Waals surface area contributed by atoms with Crippen molar-refractivity contribution in [3.63, 3.8) is 0 Å². The van der Waals surface area contributed by atoms with Gasteiger partial charge >= 0.3 is 0 Å². The minimum absolute atomic E-state index is 0.285. The highest BCUT2D eigenvalue weighted by molar-refractivity contribution is 5.37. The van der Waals surface area contributed by atoms with Gasteiger partial charge < -0.3 is 4.74 Å². The van der Waals surface area contributed by atoms with E-state index < -0.39 is 0 Å². The van der Waals surface area contributed by atoms with Crippen LogP contribution in [0, 0.1) is 5.82 Å². The first-order chi connectivity index (χ1) is 9.83. The van der Waals surface area contributed by atoms with Crippen LogP contribution >= 0.6 is 0 Å². The van der Waals surface area contributed by atoms with Crippen molar-refractivity contribution in [2.24, 2.45) is 0 Å². The van der Waals surface area contributed by atoms with E-state index in [4.69, 9.17) is 4.74 Å². The molecule has 0 spiro atoms. The van der Waals surface area contributed by atoms with Crippen molar-refractivity contribution < 1.29 is 9.13 Å². The molecule has 1 aliphatic rings. The molecule has 0 amide bonds. The van der Waals surface area contributed by atoms with Crippen LogP contribution < -0.4 is 4.74 Å². The lowest BCUT2D eigenvalue weighted by Crippen LogP contribution is -2.25. The third-order valence-electron chi connectivity index (χ3n) is 3.46. The molecule has 2 heterocycles. The Hall–Kier alpha value is -1.95. The maximum Gasteiger partial charge on any atom is 0.167 e. The lowest BCUT2D eigenvalue weighted by molar-refractivity contribution is 0.231. The van der Waals surface area contributed by atoms with Gasteiger partial charge in [-0.2, -0.15) is 5.10 Å². The van der Waals surface area contributed by atoms with Crippen LogP contribution in [0.15, 0.2) is 30.9 Å². The molecule has 0 unspecified atom stereocenters. The van der Waals surface area contributed by atoms with Crippen LogP contribution in [-0.2, 0) is 0 Å². The van der Waals surface area contributed by atoms with Crippen molar-refractivity contribution in [2.75, 3.05) is 26.2 Å². The summed E-state index contributed by atoms with van der Waals surface area (Å²) in [6, 6.07) is 4.80. The van der Waals surface area contributed by atoms with Gasteiger partial charge in [0.15, 0.2) is 11.6 Å². The summed E-state index contributed by atoms with van der Waals surface area (Å²) in [5.74, 6) is -0.0903. The molecule has 20 heavy (non-hydrogen) atoms. The molecule has 6 heteroatoms.